The summed E-state index contributed by atoms with van der Waals surface area (Å²) in [5, 5.41) is 3.88. The molecule has 130 valence electrons. The molecule has 1 aliphatic heterocycles. The predicted molar refractivity (Wildman–Crippen MR) is 103 cm³/mol. The summed E-state index contributed by atoms with van der Waals surface area (Å²) in [6.45, 7) is 4.98. The van der Waals surface area contributed by atoms with Crippen LogP contribution in [0.4, 0.5) is 5.82 Å². The normalized spacial score (nSPS) is 15.6. The molecular weight excluding hydrogens is 352 g/mol. The maximum Gasteiger partial charge on any atom is 0.193 e. The highest BCUT2D eigenvalue weighted by Crippen LogP contribution is 2.19. The molecule has 0 N–H and O–H groups in total. The number of thioether (sulfide) groups is 1. The Morgan fingerprint density at radius 2 is 2.00 bits per heavy atom. The minimum Gasteiger partial charge on any atom is -0.354 e. The molecule has 8 heteroatoms. The van der Waals surface area contributed by atoms with E-state index in [2.05, 4.69) is 47.6 Å². The van der Waals surface area contributed by atoms with Gasteiger partial charge in [-0.2, -0.15) is 0 Å². The number of anilines is 1. The fourth-order valence-electron chi connectivity index (χ4n) is 3.04. The largest absolute Gasteiger partial charge is 0.354 e. The van der Waals surface area contributed by atoms with Gasteiger partial charge in [0.25, 0.3) is 0 Å². The van der Waals surface area contributed by atoms with Gasteiger partial charge in [-0.15, -0.1) is 11.3 Å². The van der Waals surface area contributed by atoms with Gasteiger partial charge < -0.3 is 4.90 Å². The minimum atomic E-state index is 0.834. The van der Waals surface area contributed by atoms with E-state index in [9.17, 15) is 0 Å². The minimum absolute atomic E-state index is 0.834. The van der Waals surface area contributed by atoms with Crippen LogP contribution < -0.4 is 4.90 Å². The van der Waals surface area contributed by atoms with Crippen LogP contribution in [-0.4, -0.2) is 56.9 Å². The average Bonchev–Trinajstić information content (AvgIpc) is 3.34. The Balaban J connectivity index is 1.39. The van der Waals surface area contributed by atoms with Gasteiger partial charge in [0.1, 0.15) is 5.82 Å². The summed E-state index contributed by atoms with van der Waals surface area (Å²) in [6.07, 6.45) is 7.80. The zero-order chi connectivity index (χ0) is 17.1. The van der Waals surface area contributed by atoms with Crippen molar-refractivity contribution in [2.24, 2.45) is 0 Å². The quantitative estimate of drug-likeness (QED) is 0.507. The molecule has 3 aromatic rings. The SMILES string of the molecule is CSc1nccc(N2CCN(Cc3cccn3-c3nccs3)CC2)n1. The summed E-state index contributed by atoms with van der Waals surface area (Å²) in [5.74, 6) is 1.03. The fourth-order valence-corrected chi connectivity index (χ4v) is 4.04. The summed E-state index contributed by atoms with van der Waals surface area (Å²) >= 11 is 3.25. The molecule has 0 aliphatic carbocycles. The van der Waals surface area contributed by atoms with Gasteiger partial charge in [0.05, 0.1) is 0 Å². The third kappa shape index (κ3) is 3.70. The third-order valence-electron chi connectivity index (χ3n) is 4.34. The van der Waals surface area contributed by atoms with Crippen LogP contribution in [0.15, 0.2) is 47.3 Å². The Hall–Kier alpha value is -1.90. The molecule has 4 heterocycles. The molecule has 1 saturated heterocycles. The van der Waals surface area contributed by atoms with Crippen molar-refractivity contribution in [2.45, 2.75) is 11.7 Å². The van der Waals surface area contributed by atoms with Gasteiger partial charge in [0.2, 0.25) is 0 Å². The van der Waals surface area contributed by atoms with Crippen molar-refractivity contribution in [2.75, 3.05) is 37.3 Å². The van der Waals surface area contributed by atoms with E-state index in [-0.39, 0.29) is 0 Å². The van der Waals surface area contributed by atoms with E-state index < -0.39 is 0 Å². The van der Waals surface area contributed by atoms with Crippen LogP contribution in [0.25, 0.3) is 5.13 Å². The molecule has 25 heavy (non-hydrogen) atoms. The number of aromatic nitrogens is 4. The Morgan fingerprint density at radius 3 is 2.76 bits per heavy atom. The zero-order valence-corrected chi connectivity index (χ0v) is 15.7. The van der Waals surface area contributed by atoms with E-state index >= 15 is 0 Å². The second-order valence-corrected chi connectivity index (χ2v) is 7.50. The van der Waals surface area contributed by atoms with Crippen LogP contribution in [0.5, 0.6) is 0 Å². The summed E-state index contributed by atoms with van der Waals surface area (Å²) in [6, 6.07) is 6.28. The van der Waals surface area contributed by atoms with E-state index in [1.165, 1.54) is 5.69 Å². The molecule has 0 aromatic carbocycles. The molecule has 0 saturated carbocycles. The number of rotatable bonds is 5. The van der Waals surface area contributed by atoms with Crippen LogP contribution in [0.2, 0.25) is 0 Å². The molecule has 6 nitrogen and oxygen atoms in total. The third-order valence-corrected chi connectivity index (χ3v) is 5.67. The van der Waals surface area contributed by atoms with Crippen molar-refractivity contribution in [3.05, 3.63) is 47.9 Å². The van der Waals surface area contributed by atoms with E-state index in [0.29, 0.717) is 0 Å². The second-order valence-electron chi connectivity index (χ2n) is 5.85. The van der Waals surface area contributed by atoms with Crippen molar-refractivity contribution < 1.29 is 0 Å². The summed E-state index contributed by atoms with van der Waals surface area (Å²) in [4.78, 5) is 18.1. The van der Waals surface area contributed by atoms with E-state index in [4.69, 9.17) is 0 Å². The van der Waals surface area contributed by atoms with Crippen LogP contribution in [0.1, 0.15) is 5.69 Å². The van der Waals surface area contributed by atoms with Crippen molar-refractivity contribution in [3.8, 4) is 5.13 Å². The molecule has 1 aliphatic rings. The smallest absolute Gasteiger partial charge is 0.193 e. The highest BCUT2D eigenvalue weighted by molar-refractivity contribution is 7.98. The Kier molecular flexibility index (Phi) is 5.00. The molecule has 4 rings (SSSR count). The average molecular weight is 373 g/mol. The highest BCUT2D eigenvalue weighted by atomic mass is 32.2. The van der Waals surface area contributed by atoms with Gasteiger partial charge in [-0.3, -0.25) is 9.47 Å². The Labute approximate surface area is 155 Å². The van der Waals surface area contributed by atoms with Gasteiger partial charge in [0, 0.05) is 62.4 Å². The topological polar surface area (TPSA) is 50.1 Å². The molecule has 0 bridgehead atoms. The number of thiazole rings is 1. The molecule has 0 unspecified atom stereocenters. The summed E-state index contributed by atoms with van der Waals surface area (Å²) < 4.78 is 2.19. The van der Waals surface area contributed by atoms with Gasteiger partial charge in [0.15, 0.2) is 10.3 Å². The van der Waals surface area contributed by atoms with Gasteiger partial charge >= 0.3 is 0 Å². The van der Waals surface area contributed by atoms with Crippen molar-refractivity contribution in [1.29, 1.82) is 0 Å². The summed E-state index contributed by atoms with van der Waals surface area (Å²) in [5.41, 5.74) is 1.29. The van der Waals surface area contributed by atoms with Crippen LogP contribution in [0.3, 0.4) is 0 Å². The first kappa shape index (κ1) is 16.6. The fraction of sp³-hybridized carbons (Fsp3) is 0.353. The lowest BCUT2D eigenvalue weighted by molar-refractivity contribution is 0.245. The monoisotopic (exact) mass is 372 g/mol. The summed E-state index contributed by atoms with van der Waals surface area (Å²) in [7, 11) is 0. The number of hydrogen-bond donors (Lipinski definition) is 0. The lowest BCUT2D eigenvalue weighted by Gasteiger charge is -2.35. The highest BCUT2D eigenvalue weighted by Gasteiger charge is 2.19. The number of piperazine rings is 1. The lowest BCUT2D eigenvalue weighted by atomic mass is 10.3. The van der Waals surface area contributed by atoms with Crippen molar-refractivity contribution in [1.82, 2.24) is 24.4 Å². The van der Waals surface area contributed by atoms with Gasteiger partial charge in [-0.25, -0.2) is 15.0 Å². The van der Waals surface area contributed by atoms with Crippen molar-refractivity contribution in [3.63, 3.8) is 0 Å². The van der Waals surface area contributed by atoms with Gasteiger partial charge in [-0.05, 0) is 24.5 Å². The zero-order valence-electron chi connectivity index (χ0n) is 14.1. The first-order chi connectivity index (χ1) is 12.3. The van der Waals surface area contributed by atoms with Crippen LogP contribution in [0, 0.1) is 0 Å². The Morgan fingerprint density at radius 1 is 1.12 bits per heavy atom. The molecule has 0 amide bonds. The first-order valence-corrected chi connectivity index (χ1v) is 10.3. The second kappa shape index (κ2) is 7.55. The molecular formula is C17H20N6S2. The Bertz CT molecular complexity index is 808. The van der Waals surface area contributed by atoms with E-state index in [1.54, 1.807) is 23.1 Å². The molecule has 0 spiro atoms. The molecule has 0 atom stereocenters. The van der Waals surface area contributed by atoms with Crippen molar-refractivity contribution >= 4 is 28.9 Å². The maximum atomic E-state index is 4.61. The lowest BCUT2D eigenvalue weighted by Crippen LogP contribution is -2.46. The molecule has 1 fully saturated rings. The molecule has 0 radical (unpaired) electrons. The first-order valence-electron chi connectivity index (χ1n) is 8.24. The predicted octanol–water partition coefficient (Wildman–Crippen LogP) is 2.77. The van der Waals surface area contributed by atoms with E-state index in [1.807, 2.05) is 30.1 Å². The number of nitrogens with zero attached hydrogens (tertiary/aromatic N) is 6. The number of hydrogen-bond acceptors (Lipinski definition) is 7. The van der Waals surface area contributed by atoms with Gasteiger partial charge in [-0.1, -0.05) is 11.8 Å². The molecule has 3 aromatic heterocycles. The van der Waals surface area contributed by atoms with E-state index in [0.717, 1.165) is 48.8 Å². The van der Waals surface area contributed by atoms with Crippen LogP contribution in [-0.2, 0) is 6.54 Å². The standard InChI is InChI=1S/C17H20N6S2/c1-24-16-18-5-4-15(20-16)22-10-8-21(9-11-22)13-14-3-2-7-23(14)17-19-6-12-25-17/h2-7,12H,8-11,13H2,1H3. The maximum absolute atomic E-state index is 4.61. The van der Waals surface area contributed by atoms with Crippen LogP contribution >= 0.6 is 23.1 Å².